The molecule has 0 aliphatic carbocycles. The van der Waals surface area contributed by atoms with E-state index in [-0.39, 0.29) is 9.92 Å². The number of aliphatic carboxylic acids is 1. The standard InChI is InChI=1S/C8H7Cl2NO4S/c9-5-2-1-3-6(4-5)16(14,15)11-7(10)8(12)13/h1-4,7,11H,(H,12,13). The molecule has 1 unspecified atom stereocenters. The first-order valence-corrected chi connectivity index (χ1v) is 6.27. The van der Waals surface area contributed by atoms with Crippen LogP contribution in [-0.4, -0.2) is 25.0 Å². The van der Waals surface area contributed by atoms with E-state index in [0.717, 1.165) is 0 Å². The Morgan fingerprint density at radius 2 is 2.06 bits per heavy atom. The van der Waals surface area contributed by atoms with Gasteiger partial charge in [-0.25, -0.2) is 13.2 Å². The molecular weight excluding hydrogens is 277 g/mol. The van der Waals surface area contributed by atoms with Crippen molar-refractivity contribution in [2.45, 2.75) is 10.4 Å². The van der Waals surface area contributed by atoms with Crippen LogP contribution in [0.5, 0.6) is 0 Å². The van der Waals surface area contributed by atoms with Crippen LogP contribution in [0.4, 0.5) is 0 Å². The Balaban J connectivity index is 2.99. The molecule has 1 atom stereocenters. The van der Waals surface area contributed by atoms with E-state index in [1.807, 2.05) is 0 Å². The predicted octanol–water partition coefficient (Wildman–Crippen LogP) is 1.27. The van der Waals surface area contributed by atoms with Crippen LogP contribution < -0.4 is 4.72 Å². The molecule has 0 fully saturated rings. The number of alkyl halides is 1. The van der Waals surface area contributed by atoms with Crippen LogP contribution in [0, 0.1) is 0 Å². The number of halogens is 2. The molecule has 0 aliphatic rings. The highest BCUT2D eigenvalue weighted by atomic mass is 35.5. The molecule has 16 heavy (non-hydrogen) atoms. The summed E-state index contributed by atoms with van der Waals surface area (Å²) in [7, 11) is -3.97. The lowest BCUT2D eigenvalue weighted by Crippen LogP contribution is -2.36. The molecule has 1 rings (SSSR count). The molecule has 0 heterocycles. The minimum Gasteiger partial charge on any atom is -0.479 e. The fourth-order valence-electron chi connectivity index (χ4n) is 0.889. The van der Waals surface area contributed by atoms with Crippen LogP contribution >= 0.6 is 23.2 Å². The maximum absolute atomic E-state index is 11.6. The zero-order chi connectivity index (χ0) is 12.3. The Hall–Kier alpha value is -0.820. The zero-order valence-electron chi connectivity index (χ0n) is 7.72. The Bertz CT molecular complexity index is 503. The monoisotopic (exact) mass is 283 g/mol. The molecule has 0 aliphatic heterocycles. The third-order valence-electron chi connectivity index (χ3n) is 1.58. The zero-order valence-corrected chi connectivity index (χ0v) is 10.1. The van der Waals surface area contributed by atoms with E-state index >= 15 is 0 Å². The predicted molar refractivity (Wildman–Crippen MR) is 59.1 cm³/mol. The number of hydrogen-bond acceptors (Lipinski definition) is 3. The minimum absolute atomic E-state index is 0.146. The molecule has 1 aromatic rings. The molecule has 0 saturated carbocycles. The molecule has 0 saturated heterocycles. The van der Waals surface area contributed by atoms with Crippen molar-refractivity contribution in [3.8, 4) is 0 Å². The second-order valence-corrected chi connectivity index (χ2v) is 5.37. The number of carbonyl (C=O) groups is 1. The van der Waals surface area contributed by atoms with Gasteiger partial charge in [-0.1, -0.05) is 29.3 Å². The lowest BCUT2D eigenvalue weighted by atomic mass is 10.4. The van der Waals surface area contributed by atoms with Gasteiger partial charge >= 0.3 is 5.97 Å². The van der Waals surface area contributed by atoms with Crippen molar-refractivity contribution >= 4 is 39.2 Å². The molecule has 0 amide bonds. The summed E-state index contributed by atoms with van der Waals surface area (Å²) >= 11 is 10.9. The molecule has 0 spiro atoms. The second kappa shape index (κ2) is 5.01. The van der Waals surface area contributed by atoms with Crippen LogP contribution in [0.25, 0.3) is 0 Å². The van der Waals surface area contributed by atoms with Crippen molar-refractivity contribution in [1.29, 1.82) is 0 Å². The average Bonchev–Trinajstić information content (AvgIpc) is 2.17. The topological polar surface area (TPSA) is 83.5 Å². The summed E-state index contributed by atoms with van der Waals surface area (Å²) in [6.45, 7) is 0. The maximum Gasteiger partial charge on any atom is 0.337 e. The van der Waals surface area contributed by atoms with Gasteiger partial charge in [0, 0.05) is 5.02 Å². The van der Waals surface area contributed by atoms with Crippen LogP contribution in [0.15, 0.2) is 29.2 Å². The summed E-state index contributed by atoms with van der Waals surface area (Å²) in [6.07, 6.45) is 0. The van der Waals surface area contributed by atoms with Crippen molar-refractivity contribution in [1.82, 2.24) is 4.72 Å². The van der Waals surface area contributed by atoms with Gasteiger partial charge in [-0.2, -0.15) is 4.72 Å². The number of carboxylic acid groups (broad SMARTS) is 1. The minimum atomic E-state index is -3.97. The van der Waals surface area contributed by atoms with Crippen molar-refractivity contribution in [2.75, 3.05) is 0 Å². The smallest absolute Gasteiger partial charge is 0.337 e. The van der Waals surface area contributed by atoms with Gasteiger partial charge in [-0.3, -0.25) is 0 Å². The third kappa shape index (κ3) is 3.34. The fourth-order valence-corrected chi connectivity index (χ4v) is 2.54. The van der Waals surface area contributed by atoms with Crippen molar-refractivity contribution in [3.63, 3.8) is 0 Å². The third-order valence-corrected chi connectivity index (χ3v) is 3.66. The summed E-state index contributed by atoms with van der Waals surface area (Å²) in [4.78, 5) is 10.2. The Morgan fingerprint density at radius 1 is 1.44 bits per heavy atom. The largest absolute Gasteiger partial charge is 0.479 e. The molecule has 5 nitrogen and oxygen atoms in total. The summed E-state index contributed by atoms with van der Waals surface area (Å²) < 4.78 is 24.9. The van der Waals surface area contributed by atoms with E-state index in [0.29, 0.717) is 0 Å². The molecule has 0 aromatic heterocycles. The molecule has 0 radical (unpaired) electrons. The number of rotatable bonds is 4. The van der Waals surface area contributed by atoms with Gasteiger partial charge in [0.15, 0.2) is 5.50 Å². The van der Waals surface area contributed by atoms with Gasteiger partial charge in [0.1, 0.15) is 0 Å². The van der Waals surface area contributed by atoms with Gasteiger partial charge < -0.3 is 5.11 Å². The van der Waals surface area contributed by atoms with E-state index in [1.165, 1.54) is 24.3 Å². The van der Waals surface area contributed by atoms with Gasteiger partial charge in [0.25, 0.3) is 0 Å². The molecule has 1 aromatic carbocycles. The number of benzene rings is 1. The van der Waals surface area contributed by atoms with Gasteiger partial charge in [0.2, 0.25) is 10.0 Å². The highest BCUT2D eigenvalue weighted by molar-refractivity contribution is 7.89. The lowest BCUT2D eigenvalue weighted by Gasteiger charge is -2.08. The number of carboxylic acids is 1. The summed E-state index contributed by atoms with van der Waals surface area (Å²) in [5.74, 6) is -1.48. The van der Waals surface area contributed by atoms with E-state index in [4.69, 9.17) is 28.3 Å². The van der Waals surface area contributed by atoms with E-state index in [1.54, 1.807) is 4.72 Å². The summed E-state index contributed by atoms with van der Waals surface area (Å²) in [5, 5.41) is 8.69. The van der Waals surface area contributed by atoms with E-state index in [9.17, 15) is 13.2 Å². The molecular formula is C8H7Cl2NO4S. The van der Waals surface area contributed by atoms with E-state index < -0.39 is 21.5 Å². The van der Waals surface area contributed by atoms with Crippen molar-refractivity contribution in [3.05, 3.63) is 29.3 Å². The number of hydrogen-bond donors (Lipinski definition) is 2. The molecule has 2 N–H and O–H groups in total. The average molecular weight is 284 g/mol. The van der Waals surface area contributed by atoms with Crippen LogP contribution in [0.3, 0.4) is 0 Å². The van der Waals surface area contributed by atoms with Crippen LogP contribution in [0.2, 0.25) is 5.02 Å². The fraction of sp³-hybridized carbons (Fsp3) is 0.125. The first-order chi connectivity index (χ1) is 7.33. The summed E-state index contributed by atoms with van der Waals surface area (Å²) in [5.41, 5.74) is -1.72. The Kier molecular flexibility index (Phi) is 4.15. The normalized spacial score (nSPS) is 13.4. The molecule has 0 bridgehead atoms. The first kappa shape index (κ1) is 13.2. The van der Waals surface area contributed by atoms with Gasteiger partial charge in [-0.15, -0.1) is 0 Å². The van der Waals surface area contributed by atoms with E-state index in [2.05, 4.69) is 0 Å². The van der Waals surface area contributed by atoms with Crippen LogP contribution in [-0.2, 0) is 14.8 Å². The highest BCUT2D eigenvalue weighted by Crippen LogP contribution is 2.15. The molecule has 88 valence electrons. The summed E-state index contributed by atoms with van der Waals surface area (Å²) in [6, 6.07) is 5.39. The number of nitrogens with one attached hydrogen (secondary N) is 1. The SMILES string of the molecule is O=C(O)C(Cl)NS(=O)(=O)c1cccc(Cl)c1. The van der Waals surface area contributed by atoms with Crippen LogP contribution in [0.1, 0.15) is 0 Å². The lowest BCUT2D eigenvalue weighted by molar-refractivity contribution is -0.136. The molecule has 8 heteroatoms. The van der Waals surface area contributed by atoms with Crippen molar-refractivity contribution < 1.29 is 18.3 Å². The maximum atomic E-state index is 11.6. The van der Waals surface area contributed by atoms with Gasteiger partial charge in [0.05, 0.1) is 4.90 Å². The first-order valence-electron chi connectivity index (χ1n) is 3.98. The highest BCUT2D eigenvalue weighted by Gasteiger charge is 2.23. The van der Waals surface area contributed by atoms with Gasteiger partial charge in [-0.05, 0) is 18.2 Å². The number of sulfonamides is 1. The Labute approximate surface area is 102 Å². The second-order valence-electron chi connectivity index (χ2n) is 2.78. The quantitative estimate of drug-likeness (QED) is 0.644. The Morgan fingerprint density at radius 3 is 2.56 bits per heavy atom. The van der Waals surface area contributed by atoms with Crippen molar-refractivity contribution in [2.24, 2.45) is 0 Å².